The quantitative estimate of drug-likeness (QED) is 0.653. The van der Waals surface area contributed by atoms with E-state index in [1.54, 1.807) is 7.11 Å². The molecule has 0 bridgehead atoms. The lowest BCUT2D eigenvalue weighted by Gasteiger charge is -2.20. The van der Waals surface area contributed by atoms with Crippen LogP contribution >= 0.6 is 0 Å². The molecule has 0 saturated carbocycles. The molecular formula is C16H20N2O. The van der Waals surface area contributed by atoms with E-state index >= 15 is 0 Å². The monoisotopic (exact) mass is 256 g/mol. The van der Waals surface area contributed by atoms with Crippen molar-refractivity contribution in [1.29, 1.82) is 0 Å². The Kier molecular flexibility index (Phi) is 4.20. The van der Waals surface area contributed by atoms with Gasteiger partial charge in [0.1, 0.15) is 5.75 Å². The van der Waals surface area contributed by atoms with E-state index in [0.717, 1.165) is 16.9 Å². The summed E-state index contributed by atoms with van der Waals surface area (Å²) in [4.78, 5) is 0. The fourth-order valence-electron chi connectivity index (χ4n) is 2.18. The summed E-state index contributed by atoms with van der Waals surface area (Å²) in [6.45, 7) is 4.12. The standard InChI is InChI=1S/C16H20N2O/c1-11-4-7-13(8-5-11)16(18-17)14-9-6-12(2)10-15(14)19-3/h4-10,16,18H,17H2,1-3H3. The zero-order valence-electron chi connectivity index (χ0n) is 11.6. The third-order valence-electron chi connectivity index (χ3n) is 3.28. The molecule has 3 heteroatoms. The average Bonchev–Trinajstić information content (AvgIpc) is 2.43. The van der Waals surface area contributed by atoms with Gasteiger partial charge in [-0.1, -0.05) is 42.0 Å². The van der Waals surface area contributed by atoms with Gasteiger partial charge >= 0.3 is 0 Å². The third kappa shape index (κ3) is 2.95. The van der Waals surface area contributed by atoms with Crippen LogP contribution in [0.1, 0.15) is 28.3 Å². The van der Waals surface area contributed by atoms with Gasteiger partial charge in [-0.15, -0.1) is 0 Å². The molecule has 2 rings (SSSR count). The van der Waals surface area contributed by atoms with Gasteiger partial charge in [0, 0.05) is 5.56 Å². The molecule has 0 aliphatic rings. The molecule has 0 radical (unpaired) electrons. The summed E-state index contributed by atoms with van der Waals surface area (Å²) >= 11 is 0. The van der Waals surface area contributed by atoms with E-state index in [9.17, 15) is 0 Å². The molecule has 100 valence electrons. The first-order valence-corrected chi connectivity index (χ1v) is 6.33. The fraction of sp³-hybridized carbons (Fsp3) is 0.250. The first kappa shape index (κ1) is 13.6. The van der Waals surface area contributed by atoms with Crippen LogP contribution in [0, 0.1) is 13.8 Å². The second-order valence-corrected chi connectivity index (χ2v) is 4.76. The van der Waals surface area contributed by atoms with E-state index in [1.165, 1.54) is 11.1 Å². The zero-order chi connectivity index (χ0) is 13.8. The minimum Gasteiger partial charge on any atom is -0.496 e. The highest BCUT2D eigenvalue weighted by Crippen LogP contribution is 2.30. The van der Waals surface area contributed by atoms with Gasteiger partial charge in [0.15, 0.2) is 0 Å². The van der Waals surface area contributed by atoms with Crippen molar-refractivity contribution < 1.29 is 4.74 Å². The Balaban J connectivity index is 2.44. The Morgan fingerprint density at radius 1 is 1.00 bits per heavy atom. The minimum atomic E-state index is -0.0730. The number of rotatable bonds is 4. The van der Waals surface area contributed by atoms with Crippen molar-refractivity contribution in [2.45, 2.75) is 19.9 Å². The number of benzene rings is 2. The maximum atomic E-state index is 5.73. The lowest BCUT2D eigenvalue weighted by molar-refractivity contribution is 0.404. The van der Waals surface area contributed by atoms with Crippen molar-refractivity contribution in [3.8, 4) is 5.75 Å². The van der Waals surface area contributed by atoms with Gasteiger partial charge in [0.05, 0.1) is 13.2 Å². The molecule has 0 spiro atoms. The molecule has 19 heavy (non-hydrogen) atoms. The summed E-state index contributed by atoms with van der Waals surface area (Å²) in [6, 6.07) is 14.4. The van der Waals surface area contributed by atoms with E-state index < -0.39 is 0 Å². The number of aryl methyl sites for hydroxylation is 2. The Hall–Kier alpha value is -1.84. The van der Waals surface area contributed by atoms with E-state index in [1.807, 2.05) is 13.0 Å². The Bertz CT molecular complexity index is 549. The Labute approximate surface area is 114 Å². The zero-order valence-corrected chi connectivity index (χ0v) is 11.6. The van der Waals surface area contributed by atoms with Gasteiger partial charge < -0.3 is 4.74 Å². The summed E-state index contributed by atoms with van der Waals surface area (Å²) < 4.78 is 5.46. The molecule has 0 aromatic heterocycles. The molecule has 0 fully saturated rings. The molecule has 3 nitrogen and oxygen atoms in total. The molecule has 0 aliphatic heterocycles. The normalized spacial score (nSPS) is 12.2. The highest BCUT2D eigenvalue weighted by Gasteiger charge is 2.16. The number of hydrogen-bond acceptors (Lipinski definition) is 3. The van der Waals surface area contributed by atoms with Gasteiger partial charge in [-0.05, 0) is 31.0 Å². The average molecular weight is 256 g/mol. The van der Waals surface area contributed by atoms with Crippen molar-refractivity contribution in [2.24, 2.45) is 5.84 Å². The van der Waals surface area contributed by atoms with Crippen LogP contribution in [-0.2, 0) is 0 Å². The molecule has 0 saturated heterocycles. The Morgan fingerprint density at radius 3 is 2.21 bits per heavy atom. The van der Waals surface area contributed by atoms with Crippen LogP contribution in [0.25, 0.3) is 0 Å². The number of ether oxygens (including phenoxy) is 1. The topological polar surface area (TPSA) is 47.3 Å². The molecule has 0 aliphatic carbocycles. The first-order valence-electron chi connectivity index (χ1n) is 6.33. The van der Waals surface area contributed by atoms with Crippen LogP contribution in [0.15, 0.2) is 42.5 Å². The second kappa shape index (κ2) is 5.87. The molecule has 2 aromatic carbocycles. The van der Waals surface area contributed by atoms with Crippen molar-refractivity contribution in [3.63, 3.8) is 0 Å². The Morgan fingerprint density at radius 2 is 1.63 bits per heavy atom. The molecule has 1 unspecified atom stereocenters. The smallest absolute Gasteiger partial charge is 0.124 e. The van der Waals surface area contributed by atoms with E-state index in [0.29, 0.717) is 0 Å². The highest BCUT2D eigenvalue weighted by atomic mass is 16.5. The maximum absolute atomic E-state index is 5.73. The SMILES string of the molecule is COc1cc(C)ccc1C(NN)c1ccc(C)cc1. The van der Waals surface area contributed by atoms with Gasteiger partial charge in [0.25, 0.3) is 0 Å². The van der Waals surface area contributed by atoms with Gasteiger partial charge in [-0.25, -0.2) is 5.43 Å². The van der Waals surface area contributed by atoms with Crippen LogP contribution in [0.4, 0.5) is 0 Å². The lowest BCUT2D eigenvalue weighted by Crippen LogP contribution is -2.29. The van der Waals surface area contributed by atoms with Gasteiger partial charge in [-0.3, -0.25) is 5.84 Å². The van der Waals surface area contributed by atoms with Crippen LogP contribution in [0.5, 0.6) is 5.75 Å². The van der Waals surface area contributed by atoms with Crippen molar-refractivity contribution in [2.75, 3.05) is 7.11 Å². The summed E-state index contributed by atoms with van der Waals surface area (Å²) in [5.41, 5.74) is 7.43. The van der Waals surface area contributed by atoms with Gasteiger partial charge in [-0.2, -0.15) is 0 Å². The van der Waals surface area contributed by atoms with Crippen LogP contribution in [0.2, 0.25) is 0 Å². The molecule has 3 N–H and O–H groups in total. The molecule has 2 aromatic rings. The third-order valence-corrected chi connectivity index (χ3v) is 3.28. The van der Waals surface area contributed by atoms with Crippen molar-refractivity contribution >= 4 is 0 Å². The number of hydrazine groups is 1. The molecule has 0 amide bonds. The summed E-state index contributed by atoms with van der Waals surface area (Å²) in [7, 11) is 1.68. The second-order valence-electron chi connectivity index (χ2n) is 4.76. The number of nitrogens with two attached hydrogens (primary N) is 1. The summed E-state index contributed by atoms with van der Waals surface area (Å²) in [6.07, 6.45) is 0. The highest BCUT2D eigenvalue weighted by molar-refractivity contribution is 5.44. The number of hydrogen-bond donors (Lipinski definition) is 2. The van der Waals surface area contributed by atoms with E-state index in [4.69, 9.17) is 10.6 Å². The minimum absolute atomic E-state index is 0.0730. The molecular weight excluding hydrogens is 236 g/mol. The van der Waals surface area contributed by atoms with Crippen molar-refractivity contribution in [3.05, 3.63) is 64.7 Å². The summed E-state index contributed by atoms with van der Waals surface area (Å²) in [5, 5.41) is 0. The molecule has 0 heterocycles. The summed E-state index contributed by atoms with van der Waals surface area (Å²) in [5.74, 6) is 6.58. The first-order chi connectivity index (χ1) is 9.15. The lowest BCUT2D eigenvalue weighted by atomic mass is 9.96. The molecule has 1 atom stereocenters. The number of methoxy groups -OCH3 is 1. The van der Waals surface area contributed by atoms with E-state index in [2.05, 4.69) is 48.7 Å². The van der Waals surface area contributed by atoms with Crippen molar-refractivity contribution in [1.82, 2.24) is 5.43 Å². The fourth-order valence-corrected chi connectivity index (χ4v) is 2.18. The predicted octanol–water partition coefficient (Wildman–Crippen LogP) is 2.86. The largest absolute Gasteiger partial charge is 0.496 e. The maximum Gasteiger partial charge on any atom is 0.124 e. The van der Waals surface area contributed by atoms with Crippen LogP contribution in [-0.4, -0.2) is 7.11 Å². The van der Waals surface area contributed by atoms with Crippen LogP contribution in [0.3, 0.4) is 0 Å². The number of nitrogens with one attached hydrogen (secondary N) is 1. The van der Waals surface area contributed by atoms with Gasteiger partial charge in [0.2, 0.25) is 0 Å². The predicted molar refractivity (Wildman–Crippen MR) is 78.1 cm³/mol. The van der Waals surface area contributed by atoms with E-state index in [-0.39, 0.29) is 6.04 Å². The van der Waals surface area contributed by atoms with Crippen LogP contribution < -0.4 is 16.0 Å².